The van der Waals surface area contributed by atoms with Gasteiger partial charge in [-0.25, -0.2) is 0 Å². The molecular weight excluding hydrogens is 386 g/mol. The van der Waals surface area contributed by atoms with Crippen LogP contribution in [0.3, 0.4) is 0 Å². The summed E-state index contributed by atoms with van der Waals surface area (Å²) in [5, 5.41) is -4.55. The van der Waals surface area contributed by atoms with Gasteiger partial charge in [0, 0.05) is 6.42 Å². The lowest BCUT2D eigenvalue weighted by Crippen LogP contribution is -2.50. The van der Waals surface area contributed by atoms with Gasteiger partial charge in [0.25, 0.3) is 0 Å². The third-order valence-electron chi connectivity index (χ3n) is 6.01. The zero-order valence-electron chi connectivity index (χ0n) is 14.9. The number of rotatable bonds is 8. The van der Waals surface area contributed by atoms with Crippen LogP contribution in [0.2, 0.25) is 0 Å². The zero-order chi connectivity index (χ0) is 19.9. The highest BCUT2D eigenvalue weighted by atomic mass is 32.2. The van der Waals surface area contributed by atoms with Crippen LogP contribution in [-0.2, 0) is 29.2 Å². The Morgan fingerprint density at radius 2 is 1.56 bits per heavy atom. The number of alkyl halides is 2. The molecule has 0 aromatic carbocycles. The van der Waals surface area contributed by atoms with E-state index in [0.29, 0.717) is 17.8 Å². The summed E-state index contributed by atoms with van der Waals surface area (Å²) < 4.78 is 64.6. The van der Waals surface area contributed by atoms with Crippen molar-refractivity contribution in [1.82, 2.24) is 0 Å². The maximum atomic E-state index is 13.0. The molecule has 0 atom stereocenters. The van der Waals surface area contributed by atoms with E-state index in [1.54, 1.807) is 0 Å². The number of halogens is 2. The molecule has 0 aromatic heterocycles. The number of ether oxygens (including phenoxy) is 2. The summed E-state index contributed by atoms with van der Waals surface area (Å²) in [5.74, 6) is 0.520. The summed E-state index contributed by atoms with van der Waals surface area (Å²) in [5.41, 5.74) is -0.396. The van der Waals surface area contributed by atoms with E-state index in [1.807, 2.05) is 0 Å². The molecule has 27 heavy (non-hydrogen) atoms. The number of hydrogen-bond acceptors (Lipinski definition) is 6. The van der Waals surface area contributed by atoms with Gasteiger partial charge in [0.05, 0.1) is 12.0 Å². The Bertz CT molecular complexity index is 669. The van der Waals surface area contributed by atoms with Crippen LogP contribution in [0.4, 0.5) is 8.78 Å². The second-order valence-corrected chi connectivity index (χ2v) is 9.76. The van der Waals surface area contributed by atoms with Crippen molar-refractivity contribution in [3.05, 3.63) is 0 Å². The number of carbonyl (C=O) groups excluding carboxylic acids is 2. The van der Waals surface area contributed by atoms with E-state index in [4.69, 9.17) is 9.29 Å². The second-order valence-electron chi connectivity index (χ2n) is 8.21. The van der Waals surface area contributed by atoms with Crippen molar-refractivity contribution in [2.75, 3.05) is 13.2 Å². The van der Waals surface area contributed by atoms with Crippen molar-refractivity contribution in [2.45, 2.75) is 56.6 Å². The molecular formula is C17H24F2O7S. The third-order valence-corrected chi connectivity index (χ3v) is 6.88. The standard InChI is InChI=1S/C17H24F2O7S/c18-17(19,27(22,23)24)10-26-14(20)2-1-3-25-15(21)16-7-11-4-12(8-16)6-13(5-11)9-16/h11-13H,1-10H2,(H,22,23,24). The summed E-state index contributed by atoms with van der Waals surface area (Å²) in [6.07, 6.45) is 6.00. The Labute approximate surface area is 156 Å². The lowest BCUT2D eigenvalue weighted by Gasteiger charge is -2.55. The molecule has 0 aromatic rings. The number of esters is 2. The summed E-state index contributed by atoms with van der Waals surface area (Å²) in [7, 11) is -5.64. The van der Waals surface area contributed by atoms with Crippen LogP contribution in [0, 0.1) is 23.2 Å². The largest absolute Gasteiger partial charge is 0.465 e. The summed E-state index contributed by atoms with van der Waals surface area (Å²) >= 11 is 0. The van der Waals surface area contributed by atoms with Gasteiger partial charge in [0.15, 0.2) is 6.61 Å². The fraction of sp³-hybridized carbons (Fsp3) is 0.882. The topological polar surface area (TPSA) is 107 Å². The van der Waals surface area contributed by atoms with E-state index in [0.717, 1.165) is 19.3 Å². The van der Waals surface area contributed by atoms with Gasteiger partial charge in [-0.05, 0) is 62.7 Å². The summed E-state index contributed by atoms with van der Waals surface area (Å²) in [6, 6.07) is 0. The first kappa shape index (κ1) is 20.4. The Balaban J connectivity index is 1.38. The first-order valence-corrected chi connectivity index (χ1v) is 10.6. The maximum Gasteiger partial charge on any atom is 0.402 e. The third kappa shape index (κ3) is 4.42. The van der Waals surface area contributed by atoms with Crippen LogP contribution in [-0.4, -0.2) is 43.4 Å². The van der Waals surface area contributed by atoms with Crippen molar-refractivity contribution in [3.8, 4) is 0 Å². The van der Waals surface area contributed by atoms with Gasteiger partial charge in [-0.3, -0.25) is 14.1 Å². The molecule has 0 unspecified atom stereocenters. The van der Waals surface area contributed by atoms with E-state index in [2.05, 4.69) is 4.74 Å². The molecule has 4 bridgehead atoms. The lowest BCUT2D eigenvalue weighted by atomic mass is 9.49. The molecule has 4 saturated carbocycles. The molecule has 4 aliphatic carbocycles. The van der Waals surface area contributed by atoms with Gasteiger partial charge in [0.2, 0.25) is 0 Å². The molecule has 7 nitrogen and oxygen atoms in total. The minimum Gasteiger partial charge on any atom is -0.465 e. The fourth-order valence-electron chi connectivity index (χ4n) is 5.21. The van der Waals surface area contributed by atoms with E-state index in [-0.39, 0.29) is 25.4 Å². The van der Waals surface area contributed by atoms with Crippen LogP contribution < -0.4 is 0 Å². The Kier molecular flexibility index (Phi) is 5.51. The van der Waals surface area contributed by atoms with E-state index in [9.17, 15) is 26.8 Å². The van der Waals surface area contributed by atoms with Gasteiger partial charge < -0.3 is 9.47 Å². The SMILES string of the molecule is O=C(CCCOC(=O)C12CC3CC(CC(C3)C1)C2)OCC(F)(F)S(=O)(=O)O. The molecule has 0 heterocycles. The second kappa shape index (κ2) is 7.27. The van der Waals surface area contributed by atoms with Gasteiger partial charge >= 0.3 is 27.3 Å². The minimum atomic E-state index is -5.64. The molecule has 0 aliphatic heterocycles. The highest BCUT2D eigenvalue weighted by molar-refractivity contribution is 7.86. The Morgan fingerprint density at radius 3 is 2.04 bits per heavy atom. The molecule has 4 fully saturated rings. The van der Waals surface area contributed by atoms with Crippen molar-refractivity contribution in [1.29, 1.82) is 0 Å². The van der Waals surface area contributed by atoms with Gasteiger partial charge in [-0.2, -0.15) is 17.2 Å². The predicted molar refractivity (Wildman–Crippen MR) is 88.3 cm³/mol. The fourth-order valence-corrected chi connectivity index (χ4v) is 5.41. The van der Waals surface area contributed by atoms with E-state index < -0.39 is 33.4 Å². The van der Waals surface area contributed by atoms with Gasteiger partial charge in [-0.15, -0.1) is 0 Å². The molecule has 0 radical (unpaired) electrons. The molecule has 0 amide bonds. The molecule has 0 saturated heterocycles. The van der Waals surface area contributed by atoms with Crippen molar-refractivity contribution < 1.29 is 40.8 Å². The number of hydrogen-bond donors (Lipinski definition) is 1. The van der Waals surface area contributed by atoms with E-state index >= 15 is 0 Å². The zero-order valence-corrected chi connectivity index (χ0v) is 15.7. The average Bonchev–Trinajstić information content (AvgIpc) is 2.54. The predicted octanol–water partition coefficient (Wildman–Crippen LogP) is 2.55. The smallest absolute Gasteiger partial charge is 0.402 e. The molecule has 10 heteroatoms. The highest BCUT2D eigenvalue weighted by Crippen LogP contribution is 2.60. The molecule has 154 valence electrons. The quantitative estimate of drug-likeness (QED) is 0.372. The Hall–Kier alpha value is -1.29. The first-order chi connectivity index (χ1) is 12.5. The van der Waals surface area contributed by atoms with Crippen molar-refractivity contribution >= 4 is 22.1 Å². The lowest BCUT2D eigenvalue weighted by molar-refractivity contribution is -0.172. The monoisotopic (exact) mass is 410 g/mol. The first-order valence-electron chi connectivity index (χ1n) is 9.18. The van der Waals surface area contributed by atoms with Crippen LogP contribution in [0.1, 0.15) is 51.4 Å². The van der Waals surface area contributed by atoms with Crippen LogP contribution >= 0.6 is 0 Å². The van der Waals surface area contributed by atoms with Crippen molar-refractivity contribution in [2.24, 2.45) is 23.2 Å². The Morgan fingerprint density at radius 1 is 1.04 bits per heavy atom. The maximum absolute atomic E-state index is 13.0. The van der Waals surface area contributed by atoms with Crippen LogP contribution in [0.5, 0.6) is 0 Å². The summed E-state index contributed by atoms with van der Waals surface area (Å²) in [4.78, 5) is 24.0. The molecule has 1 N–H and O–H groups in total. The van der Waals surface area contributed by atoms with Crippen LogP contribution in [0.15, 0.2) is 0 Å². The summed E-state index contributed by atoms with van der Waals surface area (Å²) in [6.45, 7) is -1.78. The highest BCUT2D eigenvalue weighted by Gasteiger charge is 2.55. The number of carbonyl (C=O) groups is 2. The van der Waals surface area contributed by atoms with Crippen LogP contribution in [0.25, 0.3) is 0 Å². The molecule has 4 rings (SSSR count). The normalized spacial score (nSPS) is 32.3. The van der Waals surface area contributed by atoms with Crippen molar-refractivity contribution in [3.63, 3.8) is 0 Å². The molecule has 0 spiro atoms. The van der Waals surface area contributed by atoms with Gasteiger partial charge in [0.1, 0.15) is 0 Å². The molecule has 4 aliphatic rings. The minimum absolute atomic E-state index is 0.0234. The van der Waals surface area contributed by atoms with E-state index in [1.165, 1.54) is 19.3 Å². The van der Waals surface area contributed by atoms with Gasteiger partial charge in [-0.1, -0.05) is 0 Å². The average molecular weight is 410 g/mol.